The van der Waals surface area contributed by atoms with Crippen molar-refractivity contribution in [2.75, 3.05) is 0 Å². The lowest BCUT2D eigenvalue weighted by Gasteiger charge is -2.16. The summed E-state index contributed by atoms with van der Waals surface area (Å²) in [6.45, 7) is 1.25. The Balaban J connectivity index is 1.95. The number of nitrogens with one attached hydrogen (secondary N) is 1. The SMILES string of the molecule is CC(=O)NC(CC(=O)OCc1ccc(Br)cc1F)c1cccs1. The Hall–Kier alpha value is -1.73. The van der Waals surface area contributed by atoms with E-state index in [4.69, 9.17) is 4.74 Å². The largest absolute Gasteiger partial charge is 0.461 e. The van der Waals surface area contributed by atoms with E-state index in [1.165, 1.54) is 24.3 Å². The molecule has 2 rings (SSSR count). The topological polar surface area (TPSA) is 55.4 Å². The van der Waals surface area contributed by atoms with E-state index in [1.807, 2.05) is 17.5 Å². The van der Waals surface area contributed by atoms with E-state index in [2.05, 4.69) is 21.2 Å². The quantitative estimate of drug-likeness (QED) is 0.747. The third-order valence-corrected chi connectivity index (χ3v) is 4.52. The number of amides is 1. The van der Waals surface area contributed by atoms with Crippen molar-refractivity contribution in [3.05, 3.63) is 56.4 Å². The molecule has 0 aliphatic carbocycles. The zero-order chi connectivity index (χ0) is 16.8. The van der Waals surface area contributed by atoms with Crippen molar-refractivity contribution >= 4 is 39.1 Å². The first-order valence-corrected chi connectivity index (χ1v) is 8.53. The zero-order valence-corrected chi connectivity index (χ0v) is 14.7. The maximum absolute atomic E-state index is 13.7. The molecular formula is C16H15BrFNO3S. The Bertz CT molecular complexity index is 691. The number of rotatable bonds is 6. The molecule has 122 valence electrons. The average Bonchev–Trinajstić information content (AvgIpc) is 2.99. The molecule has 0 saturated heterocycles. The highest BCUT2D eigenvalue weighted by Crippen LogP contribution is 2.23. The summed E-state index contributed by atoms with van der Waals surface area (Å²) < 4.78 is 19.4. The number of hydrogen-bond acceptors (Lipinski definition) is 4. The van der Waals surface area contributed by atoms with Crippen LogP contribution >= 0.6 is 27.3 Å². The molecular weight excluding hydrogens is 385 g/mol. The van der Waals surface area contributed by atoms with Crippen molar-refractivity contribution in [2.45, 2.75) is 26.0 Å². The molecule has 7 heteroatoms. The van der Waals surface area contributed by atoms with Crippen molar-refractivity contribution in [2.24, 2.45) is 0 Å². The van der Waals surface area contributed by atoms with Gasteiger partial charge < -0.3 is 10.1 Å². The van der Waals surface area contributed by atoms with Gasteiger partial charge in [0.25, 0.3) is 0 Å². The lowest BCUT2D eigenvalue weighted by Crippen LogP contribution is -2.28. The van der Waals surface area contributed by atoms with Crippen LogP contribution in [0, 0.1) is 5.82 Å². The Morgan fingerprint density at radius 2 is 2.17 bits per heavy atom. The van der Waals surface area contributed by atoms with Gasteiger partial charge in [-0.3, -0.25) is 9.59 Å². The monoisotopic (exact) mass is 399 g/mol. The lowest BCUT2D eigenvalue weighted by molar-refractivity contribution is -0.145. The lowest BCUT2D eigenvalue weighted by atomic mass is 10.1. The van der Waals surface area contributed by atoms with Gasteiger partial charge in [-0.2, -0.15) is 0 Å². The van der Waals surface area contributed by atoms with Gasteiger partial charge in [0.15, 0.2) is 0 Å². The molecule has 1 aromatic carbocycles. The fraction of sp³-hybridized carbons (Fsp3) is 0.250. The second-order valence-electron chi connectivity index (χ2n) is 4.87. The van der Waals surface area contributed by atoms with Gasteiger partial charge in [0.1, 0.15) is 12.4 Å². The van der Waals surface area contributed by atoms with Crippen LogP contribution in [0.5, 0.6) is 0 Å². The molecule has 0 aliphatic rings. The standard InChI is InChI=1S/C16H15BrFNO3S/c1-10(20)19-14(15-3-2-6-23-15)8-16(21)22-9-11-4-5-12(17)7-13(11)18/h2-7,14H,8-9H2,1H3,(H,19,20). The number of carbonyl (C=O) groups is 2. The Labute approximate surface area is 145 Å². The first-order valence-electron chi connectivity index (χ1n) is 6.85. The van der Waals surface area contributed by atoms with E-state index in [0.29, 0.717) is 10.0 Å². The van der Waals surface area contributed by atoms with E-state index in [-0.39, 0.29) is 18.9 Å². The number of hydrogen-bond donors (Lipinski definition) is 1. The summed E-state index contributed by atoms with van der Waals surface area (Å²) in [5.41, 5.74) is 0.300. The van der Waals surface area contributed by atoms with Crippen molar-refractivity contribution in [3.8, 4) is 0 Å². The number of carbonyl (C=O) groups excluding carboxylic acids is 2. The fourth-order valence-electron chi connectivity index (χ4n) is 1.98. The normalized spacial score (nSPS) is 11.8. The zero-order valence-electron chi connectivity index (χ0n) is 12.3. The second kappa shape index (κ2) is 8.21. The molecule has 0 radical (unpaired) electrons. The molecule has 1 amide bonds. The third-order valence-electron chi connectivity index (χ3n) is 3.04. The fourth-order valence-corrected chi connectivity index (χ4v) is 3.09. The minimum absolute atomic E-state index is 0.00175. The van der Waals surface area contributed by atoms with Crippen molar-refractivity contribution in [1.29, 1.82) is 0 Å². The predicted octanol–water partition coefficient (Wildman–Crippen LogP) is 3.96. The van der Waals surface area contributed by atoms with E-state index in [0.717, 1.165) is 4.88 Å². The molecule has 0 spiro atoms. The Kier molecular flexibility index (Phi) is 6.29. The summed E-state index contributed by atoms with van der Waals surface area (Å²) in [6.07, 6.45) is -0.00175. The third kappa shape index (κ3) is 5.44. The highest BCUT2D eigenvalue weighted by molar-refractivity contribution is 9.10. The van der Waals surface area contributed by atoms with Crippen LogP contribution in [-0.4, -0.2) is 11.9 Å². The Morgan fingerprint density at radius 1 is 1.39 bits per heavy atom. The minimum atomic E-state index is -0.500. The molecule has 1 aromatic heterocycles. The maximum atomic E-state index is 13.7. The summed E-state index contributed by atoms with van der Waals surface area (Å²) >= 11 is 4.61. The van der Waals surface area contributed by atoms with Crippen LogP contribution in [0.1, 0.15) is 29.8 Å². The molecule has 0 saturated carbocycles. The highest BCUT2D eigenvalue weighted by atomic mass is 79.9. The van der Waals surface area contributed by atoms with Crippen molar-refractivity contribution < 1.29 is 18.7 Å². The average molecular weight is 400 g/mol. The van der Waals surface area contributed by atoms with Gasteiger partial charge in [-0.15, -0.1) is 11.3 Å². The summed E-state index contributed by atoms with van der Waals surface area (Å²) in [5, 5.41) is 4.59. The molecule has 4 nitrogen and oxygen atoms in total. The number of benzene rings is 1. The first-order chi connectivity index (χ1) is 11.0. The molecule has 1 atom stereocenters. The van der Waals surface area contributed by atoms with E-state index >= 15 is 0 Å². The van der Waals surface area contributed by atoms with Gasteiger partial charge >= 0.3 is 5.97 Å². The molecule has 1 unspecified atom stereocenters. The van der Waals surface area contributed by atoms with Crippen LogP contribution < -0.4 is 5.32 Å². The van der Waals surface area contributed by atoms with Gasteiger partial charge in [-0.1, -0.05) is 28.1 Å². The van der Waals surface area contributed by atoms with Crippen LogP contribution in [0.3, 0.4) is 0 Å². The smallest absolute Gasteiger partial charge is 0.308 e. The highest BCUT2D eigenvalue weighted by Gasteiger charge is 2.19. The van der Waals surface area contributed by atoms with Gasteiger partial charge in [0, 0.05) is 21.8 Å². The molecule has 1 N–H and O–H groups in total. The van der Waals surface area contributed by atoms with Gasteiger partial charge in [-0.05, 0) is 23.6 Å². The second-order valence-corrected chi connectivity index (χ2v) is 6.76. The predicted molar refractivity (Wildman–Crippen MR) is 89.4 cm³/mol. The van der Waals surface area contributed by atoms with E-state index < -0.39 is 17.8 Å². The van der Waals surface area contributed by atoms with Crippen LogP contribution in [0.15, 0.2) is 40.2 Å². The van der Waals surface area contributed by atoms with Gasteiger partial charge in [-0.25, -0.2) is 4.39 Å². The van der Waals surface area contributed by atoms with E-state index in [9.17, 15) is 14.0 Å². The molecule has 23 heavy (non-hydrogen) atoms. The first kappa shape index (κ1) is 17.6. The van der Waals surface area contributed by atoms with Crippen molar-refractivity contribution in [3.63, 3.8) is 0 Å². The summed E-state index contributed by atoms with van der Waals surface area (Å²) in [4.78, 5) is 24.1. The molecule has 0 fully saturated rings. The van der Waals surface area contributed by atoms with Gasteiger partial charge in [0.05, 0.1) is 12.5 Å². The van der Waals surface area contributed by atoms with Crippen molar-refractivity contribution in [1.82, 2.24) is 5.32 Å². The number of esters is 1. The summed E-state index contributed by atoms with van der Waals surface area (Å²) in [5.74, 6) is -1.17. The molecule has 0 bridgehead atoms. The van der Waals surface area contributed by atoms with Crippen LogP contribution in [-0.2, 0) is 20.9 Å². The van der Waals surface area contributed by atoms with Crippen LogP contribution in [0.2, 0.25) is 0 Å². The van der Waals surface area contributed by atoms with Crippen LogP contribution in [0.4, 0.5) is 4.39 Å². The molecule has 1 heterocycles. The number of thiophene rings is 1. The van der Waals surface area contributed by atoms with Gasteiger partial charge in [0.2, 0.25) is 5.91 Å². The van der Waals surface area contributed by atoms with E-state index in [1.54, 1.807) is 12.1 Å². The minimum Gasteiger partial charge on any atom is -0.461 e. The molecule has 0 aliphatic heterocycles. The Morgan fingerprint density at radius 3 is 2.78 bits per heavy atom. The number of halogens is 2. The van der Waals surface area contributed by atoms with Crippen LogP contribution in [0.25, 0.3) is 0 Å². The maximum Gasteiger partial charge on any atom is 0.308 e. The number of ether oxygens (including phenoxy) is 1. The molecule has 2 aromatic rings. The summed E-state index contributed by atoms with van der Waals surface area (Å²) in [7, 11) is 0. The summed E-state index contributed by atoms with van der Waals surface area (Å²) in [6, 6.07) is 7.80.